The van der Waals surface area contributed by atoms with Crippen LogP contribution in [0, 0.1) is 0 Å². The molecule has 0 bridgehead atoms. The zero-order valence-electron chi connectivity index (χ0n) is 17.8. The smallest absolute Gasteiger partial charge is 0.225 e. The van der Waals surface area contributed by atoms with Crippen molar-refractivity contribution >= 4 is 17.3 Å². The summed E-state index contributed by atoms with van der Waals surface area (Å²) in [5, 5.41) is 14.4. The molecule has 1 unspecified atom stereocenters. The predicted molar refractivity (Wildman–Crippen MR) is 121 cm³/mol. The molecule has 0 radical (unpaired) electrons. The molecule has 9 nitrogen and oxygen atoms in total. The Balaban J connectivity index is 1.18. The first kappa shape index (κ1) is 20.5. The molecule has 1 fully saturated rings. The fraction of sp³-hybridized carbons (Fsp3) is 0.364. The van der Waals surface area contributed by atoms with Gasteiger partial charge in [0.2, 0.25) is 5.95 Å². The van der Waals surface area contributed by atoms with Gasteiger partial charge in [-0.3, -0.25) is 0 Å². The van der Waals surface area contributed by atoms with Gasteiger partial charge in [0, 0.05) is 36.8 Å². The van der Waals surface area contributed by atoms with Crippen LogP contribution in [0.1, 0.15) is 41.9 Å². The topological polar surface area (TPSA) is 94.7 Å². The highest BCUT2D eigenvalue weighted by atomic mass is 32.1. The number of aromatic nitrogens is 7. The van der Waals surface area contributed by atoms with E-state index in [2.05, 4.69) is 42.7 Å². The second-order valence-corrected chi connectivity index (χ2v) is 8.63. The van der Waals surface area contributed by atoms with Gasteiger partial charge in [-0.15, -0.1) is 16.4 Å². The molecule has 32 heavy (non-hydrogen) atoms. The van der Waals surface area contributed by atoms with Crippen LogP contribution in [0.4, 0.5) is 5.95 Å². The molecule has 1 aliphatic rings. The number of piperidine rings is 1. The Morgan fingerprint density at radius 2 is 2.00 bits per heavy atom. The maximum Gasteiger partial charge on any atom is 0.225 e. The lowest BCUT2D eigenvalue weighted by Gasteiger charge is -2.31. The number of nitrogens with zero attached hydrogens (tertiary/aromatic N) is 8. The van der Waals surface area contributed by atoms with Crippen LogP contribution in [0.25, 0.3) is 5.69 Å². The highest BCUT2D eigenvalue weighted by molar-refractivity contribution is 7.09. The molecule has 5 rings (SSSR count). The average molecular weight is 449 g/mol. The van der Waals surface area contributed by atoms with E-state index < -0.39 is 0 Å². The zero-order chi connectivity index (χ0) is 21.8. The summed E-state index contributed by atoms with van der Waals surface area (Å²) in [6.07, 6.45) is 8.63. The van der Waals surface area contributed by atoms with Crippen molar-refractivity contribution < 1.29 is 4.74 Å². The first-order chi connectivity index (χ1) is 15.8. The van der Waals surface area contributed by atoms with Crippen molar-refractivity contribution in [1.29, 1.82) is 0 Å². The summed E-state index contributed by atoms with van der Waals surface area (Å²) in [4.78, 5) is 16.2. The Hall–Kier alpha value is -3.40. The van der Waals surface area contributed by atoms with Crippen LogP contribution in [0.2, 0.25) is 0 Å². The number of thiazole rings is 1. The molecule has 4 aromatic rings. The highest BCUT2D eigenvalue weighted by Gasteiger charge is 2.25. The van der Waals surface area contributed by atoms with Crippen LogP contribution in [0.15, 0.2) is 48.4 Å². The van der Waals surface area contributed by atoms with E-state index in [9.17, 15) is 0 Å². The van der Waals surface area contributed by atoms with Gasteiger partial charge in [0.15, 0.2) is 0 Å². The largest absolute Gasteiger partial charge is 0.487 e. The number of rotatable bonds is 7. The van der Waals surface area contributed by atoms with Crippen molar-refractivity contribution in [2.75, 3.05) is 18.0 Å². The fourth-order valence-electron chi connectivity index (χ4n) is 3.76. The summed E-state index contributed by atoms with van der Waals surface area (Å²) in [7, 11) is 0. The molecule has 1 aliphatic heterocycles. The maximum atomic E-state index is 5.93. The lowest BCUT2D eigenvalue weighted by Crippen LogP contribution is -2.35. The molecule has 1 atom stereocenters. The van der Waals surface area contributed by atoms with E-state index in [0.29, 0.717) is 12.5 Å². The van der Waals surface area contributed by atoms with E-state index >= 15 is 0 Å². The summed E-state index contributed by atoms with van der Waals surface area (Å²) in [5.41, 5.74) is 3.00. The highest BCUT2D eigenvalue weighted by Crippen LogP contribution is 2.31. The number of ether oxygens (including phenoxy) is 1. The molecule has 0 aliphatic carbocycles. The molecule has 0 saturated carbocycles. The Bertz CT molecular complexity index is 1130. The van der Waals surface area contributed by atoms with Crippen LogP contribution >= 0.6 is 11.3 Å². The third-order valence-electron chi connectivity index (χ3n) is 5.56. The number of tetrazole rings is 1. The summed E-state index contributed by atoms with van der Waals surface area (Å²) >= 11 is 1.71. The minimum atomic E-state index is 0.396. The van der Waals surface area contributed by atoms with E-state index in [1.807, 2.05) is 36.7 Å². The minimum absolute atomic E-state index is 0.396. The second-order valence-electron chi connectivity index (χ2n) is 7.74. The van der Waals surface area contributed by atoms with Gasteiger partial charge in [-0.05, 0) is 59.5 Å². The summed E-state index contributed by atoms with van der Waals surface area (Å²) < 4.78 is 7.53. The van der Waals surface area contributed by atoms with Gasteiger partial charge in [-0.25, -0.2) is 19.6 Å². The van der Waals surface area contributed by atoms with Crippen molar-refractivity contribution in [3.63, 3.8) is 0 Å². The van der Waals surface area contributed by atoms with Gasteiger partial charge in [0.1, 0.15) is 18.7 Å². The summed E-state index contributed by atoms with van der Waals surface area (Å²) in [6.45, 7) is 4.45. The number of hydrogen-bond donors (Lipinski definition) is 0. The van der Waals surface area contributed by atoms with E-state index in [-0.39, 0.29) is 0 Å². The molecule has 1 saturated heterocycles. The van der Waals surface area contributed by atoms with Crippen LogP contribution < -0.4 is 9.64 Å². The Morgan fingerprint density at radius 3 is 2.75 bits per heavy atom. The molecular weight excluding hydrogens is 424 g/mol. The van der Waals surface area contributed by atoms with Crippen LogP contribution in [0.5, 0.6) is 5.75 Å². The maximum absolute atomic E-state index is 5.93. The van der Waals surface area contributed by atoms with Crippen molar-refractivity contribution in [2.45, 2.75) is 38.7 Å². The number of aryl methyl sites for hydroxylation is 1. The monoisotopic (exact) mass is 448 g/mol. The summed E-state index contributed by atoms with van der Waals surface area (Å²) in [5.74, 6) is 2.00. The fourth-order valence-corrected chi connectivity index (χ4v) is 4.69. The first-order valence-corrected chi connectivity index (χ1v) is 11.6. The molecular formula is C22H24N8OS. The van der Waals surface area contributed by atoms with E-state index in [4.69, 9.17) is 9.72 Å². The van der Waals surface area contributed by atoms with Crippen LogP contribution in [-0.2, 0) is 13.0 Å². The van der Waals surface area contributed by atoms with Crippen molar-refractivity contribution in [3.05, 3.63) is 64.6 Å². The number of hydrogen-bond acceptors (Lipinski definition) is 9. The lowest BCUT2D eigenvalue weighted by molar-refractivity contribution is 0.301. The van der Waals surface area contributed by atoms with Gasteiger partial charge in [0.05, 0.1) is 16.4 Å². The zero-order valence-corrected chi connectivity index (χ0v) is 18.6. The van der Waals surface area contributed by atoms with E-state index in [1.54, 1.807) is 22.3 Å². The molecule has 10 heteroatoms. The molecule has 164 valence electrons. The molecule has 0 amide bonds. The Kier molecular flexibility index (Phi) is 6.02. The molecule has 3 aromatic heterocycles. The van der Waals surface area contributed by atoms with Crippen LogP contribution in [-0.4, -0.2) is 48.2 Å². The molecule has 4 heterocycles. The summed E-state index contributed by atoms with van der Waals surface area (Å²) in [6, 6.07) is 7.66. The van der Waals surface area contributed by atoms with Crippen molar-refractivity contribution in [3.8, 4) is 11.4 Å². The average Bonchev–Trinajstić information content (AvgIpc) is 3.56. The van der Waals surface area contributed by atoms with Crippen LogP contribution in [0.3, 0.4) is 0 Å². The molecule has 1 aromatic carbocycles. The molecule has 0 N–H and O–H groups in total. The third kappa shape index (κ3) is 4.59. The second kappa shape index (κ2) is 9.39. The quantitative estimate of drug-likeness (QED) is 0.424. The lowest BCUT2D eigenvalue weighted by atomic mass is 9.99. The van der Waals surface area contributed by atoms with Gasteiger partial charge < -0.3 is 9.64 Å². The number of benzene rings is 1. The SMILES string of the molecule is CCc1cnc(N2CCCC(c3nc(COc4ccc(-n5cnnn5)cc4)cs3)C2)nc1. The van der Waals surface area contributed by atoms with Gasteiger partial charge >= 0.3 is 0 Å². The van der Waals surface area contributed by atoms with E-state index in [1.165, 1.54) is 0 Å². The Morgan fingerprint density at radius 1 is 1.16 bits per heavy atom. The minimum Gasteiger partial charge on any atom is -0.487 e. The van der Waals surface area contributed by atoms with Gasteiger partial charge in [-0.2, -0.15) is 0 Å². The van der Waals surface area contributed by atoms with Crippen molar-refractivity contribution in [2.24, 2.45) is 0 Å². The first-order valence-electron chi connectivity index (χ1n) is 10.7. The van der Waals surface area contributed by atoms with E-state index in [0.717, 1.165) is 66.0 Å². The predicted octanol–water partition coefficient (Wildman–Crippen LogP) is 3.43. The van der Waals surface area contributed by atoms with Gasteiger partial charge in [0.25, 0.3) is 0 Å². The van der Waals surface area contributed by atoms with Gasteiger partial charge in [-0.1, -0.05) is 6.92 Å². The van der Waals surface area contributed by atoms with Crippen molar-refractivity contribution in [1.82, 2.24) is 35.2 Å². The number of anilines is 1. The third-order valence-corrected chi connectivity index (χ3v) is 6.62. The normalized spacial score (nSPS) is 16.3. The standard InChI is InChI=1S/C22H24N8OS/c1-2-16-10-23-22(24-11-16)29-9-3-4-17(12-29)21-26-18(14-32-21)13-31-20-7-5-19(6-8-20)30-15-25-27-28-30/h5-8,10-11,14-15,17H,2-4,9,12-13H2,1H3. The Labute approximate surface area is 190 Å². The molecule has 0 spiro atoms.